The summed E-state index contributed by atoms with van der Waals surface area (Å²) in [5.74, 6) is 1.00. The Bertz CT molecular complexity index is 3450. The van der Waals surface area contributed by atoms with E-state index in [1.807, 2.05) is 109 Å². The molecule has 4 aliphatic carbocycles. The number of alkyl halides is 2. The number of rotatable bonds is 25. The molecule has 23 nitrogen and oxygen atoms in total. The predicted molar refractivity (Wildman–Crippen MR) is 367 cm³/mol. The number of allylic oxidation sites excluding steroid dienone is 4. The van der Waals surface area contributed by atoms with Gasteiger partial charge >= 0.3 is 5.97 Å². The number of hydrogen-bond donors (Lipinski definition) is 9. The SMILES string of the molecule is CNNCc1ccc(C(=O)NC(C)C)cc1.COc1ccc(C[C@H](N)C(=O)N[C@H]2[C@@H](O)[C@H](n3cnc4c(N(C)C)ncnc43)O[C@@H]2CO)cc1.C[C@]12C=CC(=O)C=C1CC[C@@H]1[C@@H]2[C@@H](O)C[C@@]2(C)[C@H]1CC[C@]2(O)C(=O)COC(=O)CCCc1ccc(N(CCCl)CCCl)cc1.Cl. The second-order valence-electron chi connectivity index (χ2n) is 25.9. The highest BCUT2D eigenvalue weighted by atomic mass is 35.5. The van der Waals surface area contributed by atoms with E-state index >= 15 is 0 Å². The van der Waals surface area contributed by atoms with Gasteiger partial charge in [-0.25, -0.2) is 15.0 Å². The van der Waals surface area contributed by atoms with E-state index in [0.29, 0.717) is 78.8 Å². The maximum atomic E-state index is 13.5. The number of aromatic nitrogens is 4. The number of ketones is 2. The molecule has 10 rings (SSSR count). The predicted octanol–water partition coefficient (Wildman–Crippen LogP) is 6.09. The molecule has 12 atom stereocenters. The van der Waals surface area contributed by atoms with Crippen LogP contribution in [0.5, 0.6) is 5.75 Å². The molecule has 1 saturated heterocycles. The summed E-state index contributed by atoms with van der Waals surface area (Å²) in [4.78, 5) is 79.4. The molecule has 0 bridgehead atoms. The summed E-state index contributed by atoms with van der Waals surface area (Å²) in [6.45, 7) is 9.22. The van der Waals surface area contributed by atoms with Crippen LogP contribution in [0, 0.1) is 28.6 Å². The van der Waals surface area contributed by atoms with E-state index in [9.17, 15) is 44.4 Å². The molecular weight excluding hydrogens is 1280 g/mol. The minimum absolute atomic E-state index is 0. The molecule has 0 unspecified atom stereocenters. The second-order valence-corrected chi connectivity index (χ2v) is 26.6. The van der Waals surface area contributed by atoms with Crippen molar-refractivity contribution in [3.8, 4) is 5.75 Å². The van der Waals surface area contributed by atoms with Gasteiger partial charge in [-0.3, -0.25) is 39.4 Å². The molecule has 3 aromatic carbocycles. The number of carbonyl (C=O) groups excluding carboxylic acids is 5. The van der Waals surface area contributed by atoms with Crippen LogP contribution in [0.1, 0.15) is 106 Å². The van der Waals surface area contributed by atoms with Gasteiger partial charge in [0.2, 0.25) is 11.7 Å². The molecular formula is C69H94Cl3N11O12. The summed E-state index contributed by atoms with van der Waals surface area (Å²) in [7, 11) is 7.08. The number of imidazole rings is 1. The highest BCUT2D eigenvalue weighted by Crippen LogP contribution is 2.67. The minimum Gasteiger partial charge on any atom is -0.497 e. The van der Waals surface area contributed by atoms with Crippen molar-refractivity contribution < 1.29 is 58.6 Å². The van der Waals surface area contributed by atoms with Crippen LogP contribution >= 0.6 is 35.6 Å². The smallest absolute Gasteiger partial charge is 0.306 e. The number of nitrogens with one attached hydrogen (secondary N) is 4. The number of halogens is 3. The van der Waals surface area contributed by atoms with E-state index in [1.54, 1.807) is 40.9 Å². The number of amides is 2. The number of aliphatic hydroxyl groups is 4. The minimum atomic E-state index is -1.66. The van der Waals surface area contributed by atoms with E-state index in [4.69, 9.17) is 43.1 Å². The van der Waals surface area contributed by atoms with Gasteiger partial charge in [0.15, 0.2) is 35.6 Å². The molecule has 3 heterocycles. The van der Waals surface area contributed by atoms with Crippen molar-refractivity contribution in [1.29, 1.82) is 0 Å². The maximum Gasteiger partial charge on any atom is 0.306 e. The fraction of sp³-hybridized carbons (Fsp3) is 0.536. The zero-order valence-corrected chi connectivity index (χ0v) is 57.7. The molecule has 3 saturated carbocycles. The number of Topliss-reactive ketones (excluding diaryl/α,β-unsaturated/α-hetero) is 1. The van der Waals surface area contributed by atoms with Crippen LogP contribution in [-0.4, -0.2) is 178 Å². The fourth-order valence-corrected chi connectivity index (χ4v) is 14.8. The standard InChI is InChI=1S/C35H45Cl2NO6.C22H29N7O5.C12H19N3O.ClH/c1-33-14-12-26(39)20-24(33)8-11-27-28-13-15-35(43,34(28,2)21-29(40)32(27)33)30(41)22-44-31(42)5-3-4-23-6-9-25(10-7-23)38(18-16-36)19-17-37;1-28(2)19-17-20(25-10-24-19)29(11-26-17)22-18(31)16(15(9-30)34-22)27-21(32)14(23)8-12-4-6-13(33-3)7-5-12;1-9(2)15-12(16)11-6-4-10(5-7-11)8-14-13-3;/h6-7,9-10,12,14,20,27-29,32,40,43H,3-5,8,11,13,15-19,21-22H2,1-2H3;4-7,10-11,14-16,18,22,30-31H,8-9,23H2,1-3H3,(H,27,32);4-7,9,13-14H,8H2,1-3H3,(H,15,16);1H/t27-,28-,29-,32+,33-,34-,35-;14-,15+,16+,18+,22+;;/m00../s1. The van der Waals surface area contributed by atoms with Gasteiger partial charge in [-0.2, -0.15) is 0 Å². The summed E-state index contributed by atoms with van der Waals surface area (Å²) in [6, 6.07) is 21.4. The third-order valence-corrected chi connectivity index (χ3v) is 19.6. The number of fused-ring (bicyclic) bond motifs is 6. The molecule has 518 valence electrons. The molecule has 10 N–H and O–H groups in total. The molecule has 0 spiro atoms. The first kappa shape index (κ1) is 75.8. The van der Waals surface area contributed by atoms with Crippen molar-refractivity contribution >= 4 is 87.6 Å². The highest BCUT2D eigenvalue weighted by Gasteiger charge is 2.68. The Morgan fingerprint density at radius 1 is 0.926 bits per heavy atom. The first-order valence-electron chi connectivity index (χ1n) is 32.2. The largest absolute Gasteiger partial charge is 0.497 e. The van der Waals surface area contributed by atoms with Crippen molar-refractivity contribution in [1.82, 2.24) is 41.0 Å². The van der Waals surface area contributed by atoms with Gasteiger partial charge in [0.05, 0.1) is 38.2 Å². The number of nitrogens with two attached hydrogens (primary N) is 1. The van der Waals surface area contributed by atoms with E-state index in [-0.39, 0.29) is 67.2 Å². The van der Waals surface area contributed by atoms with Crippen LogP contribution in [0.15, 0.2) is 109 Å². The van der Waals surface area contributed by atoms with Gasteiger partial charge in [0.25, 0.3) is 5.91 Å². The molecule has 5 aliphatic rings. The molecule has 5 aromatic rings. The molecule has 1 aliphatic heterocycles. The van der Waals surface area contributed by atoms with Crippen molar-refractivity contribution in [3.63, 3.8) is 0 Å². The van der Waals surface area contributed by atoms with E-state index in [1.165, 1.54) is 12.7 Å². The van der Waals surface area contributed by atoms with Crippen LogP contribution in [0.2, 0.25) is 0 Å². The van der Waals surface area contributed by atoms with Crippen LogP contribution < -0.4 is 41.8 Å². The third-order valence-electron chi connectivity index (χ3n) is 19.3. The van der Waals surface area contributed by atoms with E-state index < -0.39 is 83.9 Å². The molecule has 2 amide bonds. The lowest BCUT2D eigenvalue weighted by molar-refractivity contribution is -0.181. The highest BCUT2D eigenvalue weighted by molar-refractivity contribution is 6.18. The van der Waals surface area contributed by atoms with Gasteiger partial charge < -0.3 is 60.8 Å². The van der Waals surface area contributed by atoms with Gasteiger partial charge in [0, 0.05) is 86.0 Å². The summed E-state index contributed by atoms with van der Waals surface area (Å²) < 4.78 is 18.0. The van der Waals surface area contributed by atoms with Crippen LogP contribution in [0.3, 0.4) is 0 Å². The topological polar surface area (TPSA) is 318 Å². The number of benzene rings is 3. The number of methoxy groups -OCH3 is 1. The van der Waals surface area contributed by atoms with Crippen LogP contribution in [-0.2, 0) is 48.0 Å². The molecule has 0 radical (unpaired) electrons. The number of aryl methyl sites for hydroxylation is 1. The summed E-state index contributed by atoms with van der Waals surface area (Å²) in [6.07, 6.45) is 9.06. The average molecular weight is 1380 g/mol. The van der Waals surface area contributed by atoms with Crippen LogP contribution in [0.4, 0.5) is 11.5 Å². The monoisotopic (exact) mass is 1370 g/mol. The Morgan fingerprint density at radius 2 is 1.60 bits per heavy atom. The summed E-state index contributed by atoms with van der Waals surface area (Å²) in [5, 5.41) is 49.9. The Balaban J connectivity index is 0.000000221. The lowest BCUT2D eigenvalue weighted by Crippen LogP contribution is -2.61. The Morgan fingerprint density at radius 3 is 2.23 bits per heavy atom. The van der Waals surface area contributed by atoms with Gasteiger partial charge in [-0.05, 0) is 149 Å². The lowest BCUT2D eigenvalue weighted by atomic mass is 9.46. The Hall–Kier alpha value is -6.61. The lowest BCUT2D eigenvalue weighted by Gasteiger charge is -2.59. The number of hydrogen-bond acceptors (Lipinski definition) is 20. The first-order valence-corrected chi connectivity index (χ1v) is 33.3. The average Bonchev–Trinajstić information content (AvgIpc) is 1.69. The van der Waals surface area contributed by atoms with E-state index in [2.05, 4.69) is 48.3 Å². The van der Waals surface area contributed by atoms with Gasteiger partial charge in [0.1, 0.15) is 29.9 Å². The second kappa shape index (κ2) is 34.1. The third kappa shape index (κ3) is 17.6. The van der Waals surface area contributed by atoms with Crippen molar-refractivity contribution in [2.45, 2.75) is 140 Å². The van der Waals surface area contributed by atoms with E-state index in [0.717, 1.165) is 47.3 Å². The molecule has 26 heteroatoms. The van der Waals surface area contributed by atoms with Crippen molar-refractivity contribution in [2.75, 3.05) is 76.1 Å². The molecule has 4 fully saturated rings. The van der Waals surface area contributed by atoms with Gasteiger partial charge in [-0.1, -0.05) is 61.9 Å². The number of anilines is 2. The number of carbonyl (C=O) groups is 5. The zero-order valence-electron chi connectivity index (χ0n) is 55.4. The van der Waals surface area contributed by atoms with Crippen molar-refractivity contribution in [3.05, 3.63) is 132 Å². The Kier molecular flexibility index (Phi) is 27.2. The first-order chi connectivity index (χ1) is 44.9. The summed E-state index contributed by atoms with van der Waals surface area (Å²) in [5.41, 5.74) is 16.0. The number of nitrogens with zero attached hydrogens (tertiary/aromatic N) is 6. The van der Waals surface area contributed by atoms with Crippen LogP contribution in [0.25, 0.3) is 11.2 Å². The number of ether oxygens (including phenoxy) is 3. The molecule has 95 heavy (non-hydrogen) atoms. The number of aliphatic hydroxyl groups excluding tert-OH is 3. The number of hydrazine groups is 1. The summed E-state index contributed by atoms with van der Waals surface area (Å²) >= 11 is 11.8. The van der Waals surface area contributed by atoms with Crippen molar-refractivity contribution in [2.24, 2.45) is 34.3 Å². The quantitative estimate of drug-likeness (QED) is 0.0181. The maximum absolute atomic E-state index is 13.5. The Labute approximate surface area is 572 Å². The number of esters is 1. The zero-order chi connectivity index (χ0) is 68.1. The van der Waals surface area contributed by atoms with Gasteiger partial charge in [-0.15, -0.1) is 35.6 Å². The fourth-order valence-electron chi connectivity index (χ4n) is 14.4. The molecule has 2 aromatic heterocycles. The normalized spacial score (nSPS) is 25.8.